The minimum atomic E-state index is 0. The average molecular weight is 360 g/mol. The van der Waals surface area contributed by atoms with Crippen LogP contribution in [-0.2, 0) is 0 Å². The molecule has 0 saturated heterocycles. The maximum absolute atomic E-state index is 2.67. The molecule has 0 aromatic rings. The maximum atomic E-state index is 2.67. The molecule has 0 aliphatic heterocycles. The summed E-state index contributed by atoms with van der Waals surface area (Å²) < 4.78 is 0. The molecule has 1 nitrogen and oxygen atoms in total. The first-order chi connectivity index (χ1) is 12.3. The van der Waals surface area contributed by atoms with Crippen LogP contribution in [0.5, 0.6) is 0 Å². The predicted molar refractivity (Wildman–Crippen MR) is 118 cm³/mol. The fourth-order valence-electron chi connectivity index (χ4n) is 3.49. The van der Waals surface area contributed by atoms with E-state index in [4.69, 9.17) is 0 Å². The van der Waals surface area contributed by atoms with Gasteiger partial charge in [0.05, 0.1) is 0 Å². The topological polar surface area (TPSA) is 3.24 Å². The van der Waals surface area contributed by atoms with Crippen molar-refractivity contribution in [2.24, 2.45) is 0 Å². The summed E-state index contributed by atoms with van der Waals surface area (Å²) in [7, 11) is 0. The Morgan fingerprint density at radius 2 is 0.923 bits per heavy atom. The zero-order valence-electron chi connectivity index (χ0n) is 20.0. The van der Waals surface area contributed by atoms with Crippen molar-refractivity contribution in [1.82, 2.24) is 4.90 Å². The van der Waals surface area contributed by atoms with Crippen molar-refractivity contribution in [1.29, 1.82) is 0 Å². The molecule has 0 bridgehead atoms. The van der Waals surface area contributed by atoms with E-state index in [-0.39, 0.29) is 20.3 Å². The molecule has 0 spiro atoms. The fraction of sp³-hybridized carbons (Fsp3) is 0.917. The molecule has 0 atom stereocenters. The Morgan fingerprint density at radius 1 is 0.577 bits per heavy atom. The Kier molecular flexibility index (Phi) is 27.7. The third-order valence-electron chi connectivity index (χ3n) is 5.26. The van der Waals surface area contributed by atoms with Crippen molar-refractivity contribution in [3.05, 3.63) is 12.2 Å². The summed E-state index contributed by atoms with van der Waals surface area (Å²) in [6.45, 7) is 10.5. The van der Waals surface area contributed by atoms with Crippen molar-refractivity contribution >= 4 is 0 Å². The van der Waals surface area contributed by atoms with Crippen LogP contribution in [0.2, 0.25) is 0 Å². The van der Waals surface area contributed by atoms with Crippen LogP contribution in [0, 0.1) is 0 Å². The minimum absolute atomic E-state index is 0. The van der Waals surface area contributed by atoms with Crippen molar-refractivity contribution < 1.29 is 20.3 Å². The molecule has 0 radical (unpaired) electrons. The third kappa shape index (κ3) is 22.3. The molecule has 0 rings (SSSR count). The van der Waals surface area contributed by atoms with E-state index in [9.17, 15) is 0 Å². The van der Waals surface area contributed by atoms with Gasteiger partial charge in [0, 0.05) is 6.54 Å². The molecule has 0 saturated carbocycles. The van der Waals surface area contributed by atoms with Gasteiger partial charge >= 0.3 is 18.9 Å². The van der Waals surface area contributed by atoms with E-state index in [1.165, 1.54) is 116 Å². The molecule has 0 aromatic heterocycles. The van der Waals surface area contributed by atoms with E-state index in [2.05, 4.69) is 37.8 Å². The molecule has 0 N–H and O–H groups in total. The van der Waals surface area contributed by atoms with E-state index in [1.54, 1.807) is 0 Å². The molecule has 26 heavy (non-hydrogen) atoms. The fourth-order valence-corrected chi connectivity index (χ4v) is 3.49. The molecular weight excluding hydrogens is 309 g/mol. The smallest absolute Gasteiger partial charge is 1.00 e. The monoisotopic (exact) mass is 359 g/mol. The van der Waals surface area contributed by atoms with Gasteiger partial charge in [0.15, 0.2) is 0 Å². The molecule has 2 heteroatoms. The van der Waals surface area contributed by atoms with Crippen LogP contribution in [-0.4, -0.2) is 24.5 Å². The molecule has 152 valence electrons. The maximum Gasteiger partial charge on any atom is 1.00 e. The van der Waals surface area contributed by atoms with Crippen LogP contribution in [0.4, 0.5) is 0 Å². The zero-order chi connectivity index (χ0) is 18.4. The van der Waals surface area contributed by atoms with E-state index in [0.717, 1.165) is 6.54 Å². The minimum Gasteiger partial charge on any atom is -1.00 e. The van der Waals surface area contributed by atoms with Crippen LogP contribution < -0.4 is 18.9 Å². The second-order valence-corrected chi connectivity index (χ2v) is 7.82. The summed E-state index contributed by atoms with van der Waals surface area (Å²) in [4.78, 5) is 2.67. The van der Waals surface area contributed by atoms with Crippen LogP contribution in [0.15, 0.2) is 12.2 Å². The first-order valence-corrected chi connectivity index (χ1v) is 11.7. The van der Waals surface area contributed by atoms with Crippen molar-refractivity contribution in [2.75, 3.05) is 19.6 Å². The van der Waals surface area contributed by atoms with Crippen LogP contribution in [0.25, 0.3) is 0 Å². The van der Waals surface area contributed by atoms with E-state index >= 15 is 0 Å². The summed E-state index contributed by atoms with van der Waals surface area (Å²) in [5.41, 5.74) is 0. The number of hydrogen-bond donors (Lipinski definition) is 0. The third-order valence-corrected chi connectivity index (χ3v) is 5.26. The average Bonchev–Trinajstić information content (AvgIpc) is 2.63. The van der Waals surface area contributed by atoms with Crippen LogP contribution in [0.3, 0.4) is 0 Å². The number of nitrogens with zero attached hydrogens (tertiary/aromatic N) is 1. The van der Waals surface area contributed by atoms with Crippen LogP contribution >= 0.6 is 0 Å². The molecular formula is C24H50LiN. The molecule has 0 aliphatic rings. The number of allylic oxidation sites excluding steroid dienone is 1. The van der Waals surface area contributed by atoms with E-state index in [1.807, 2.05) is 0 Å². The van der Waals surface area contributed by atoms with Crippen molar-refractivity contribution in [3.8, 4) is 0 Å². The Bertz CT molecular complexity index is 251. The predicted octanol–water partition coefficient (Wildman–Crippen LogP) is 5.26. The van der Waals surface area contributed by atoms with Crippen LogP contribution in [0.1, 0.15) is 125 Å². The van der Waals surface area contributed by atoms with Gasteiger partial charge in [-0.15, -0.1) is 0 Å². The molecule has 0 fully saturated rings. The number of unbranched alkanes of at least 4 members (excludes halogenated alkanes) is 14. The summed E-state index contributed by atoms with van der Waals surface area (Å²) in [5.74, 6) is 0. The SMILES string of the molecule is CC=CCN(CCCCCCCCCC)CCCCCCCCCC.[H-].[Li+]. The van der Waals surface area contributed by atoms with Gasteiger partial charge in [-0.3, -0.25) is 4.90 Å². The van der Waals surface area contributed by atoms with Gasteiger partial charge in [0.2, 0.25) is 0 Å². The zero-order valence-corrected chi connectivity index (χ0v) is 19.0. The second kappa shape index (κ2) is 25.3. The molecule has 0 aliphatic carbocycles. The molecule has 0 aromatic carbocycles. The van der Waals surface area contributed by atoms with Gasteiger partial charge in [0.1, 0.15) is 0 Å². The largest absolute Gasteiger partial charge is 1.00 e. The van der Waals surface area contributed by atoms with Gasteiger partial charge in [-0.1, -0.05) is 116 Å². The van der Waals surface area contributed by atoms with Gasteiger partial charge in [-0.2, -0.15) is 0 Å². The molecule has 0 heterocycles. The van der Waals surface area contributed by atoms with Gasteiger partial charge < -0.3 is 1.43 Å². The summed E-state index contributed by atoms with van der Waals surface area (Å²) >= 11 is 0. The van der Waals surface area contributed by atoms with E-state index in [0.29, 0.717) is 0 Å². The first kappa shape index (κ1) is 28.5. The van der Waals surface area contributed by atoms with E-state index < -0.39 is 0 Å². The van der Waals surface area contributed by atoms with Gasteiger partial charge in [-0.25, -0.2) is 0 Å². The Labute approximate surface area is 180 Å². The first-order valence-electron chi connectivity index (χ1n) is 11.7. The molecule has 0 amide bonds. The Morgan fingerprint density at radius 3 is 1.27 bits per heavy atom. The summed E-state index contributed by atoms with van der Waals surface area (Å²) in [6, 6.07) is 0. The standard InChI is InChI=1S/C24H49N.Li.H/c1-4-7-10-12-14-16-18-20-23-25(22-9-6-3)24-21-19-17-15-13-11-8-5-2;;/h6,9H,4-5,7-8,10-24H2,1-3H3;;/q;+1;-1. The van der Waals surface area contributed by atoms with Crippen molar-refractivity contribution in [2.45, 2.75) is 124 Å². The van der Waals surface area contributed by atoms with Crippen molar-refractivity contribution in [3.63, 3.8) is 0 Å². The molecule has 0 unspecified atom stereocenters. The van der Waals surface area contributed by atoms with Gasteiger partial charge in [-0.05, 0) is 32.9 Å². The van der Waals surface area contributed by atoms with Gasteiger partial charge in [0.25, 0.3) is 0 Å². The second-order valence-electron chi connectivity index (χ2n) is 7.82. The quantitative estimate of drug-likeness (QED) is 0.163. The number of hydrogen-bond acceptors (Lipinski definition) is 1. The number of rotatable bonds is 20. The summed E-state index contributed by atoms with van der Waals surface area (Å²) in [6.07, 6.45) is 27.3. The Hall–Kier alpha value is 0.297. The normalized spacial score (nSPS) is 11.4. The Balaban J connectivity index is -0.00000288. The summed E-state index contributed by atoms with van der Waals surface area (Å²) in [5, 5.41) is 0.